The molecule has 1 N–H and O–H groups in total. The van der Waals surface area contributed by atoms with Crippen molar-refractivity contribution in [1.29, 1.82) is 0 Å². The normalized spacial score (nSPS) is 10.7. The molecule has 0 bridgehead atoms. The first-order valence-electron chi connectivity index (χ1n) is 8.73. The van der Waals surface area contributed by atoms with Crippen LogP contribution in [0.5, 0.6) is 11.5 Å². The second-order valence-corrected chi connectivity index (χ2v) is 6.23. The highest BCUT2D eigenvalue weighted by Gasteiger charge is 2.06. The first-order valence-corrected chi connectivity index (χ1v) is 9.10. The van der Waals surface area contributed by atoms with Crippen molar-refractivity contribution in [3.8, 4) is 11.5 Å². The maximum absolute atomic E-state index is 5.92. The van der Waals surface area contributed by atoms with Gasteiger partial charge < -0.3 is 9.47 Å². The Labute approximate surface area is 164 Å². The molecule has 5 heteroatoms. The Morgan fingerprint density at radius 3 is 2.44 bits per heavy atom. The second kappa shape index (κ2) is 9.64. The summed E-state index contributed by atoms with van der Waals surface area (Å²) in [6, 6.07) is 23.2. The fourth-order valence-corrected chi connectivity index (χ4v) is 2.56. The Hall–Kier alpha value is -2.98. The van der Waals surface area contributed by atoms with Gasteiger partial charge in [0, 0.05) is 5.02 Å². The van der Waals surface area contributed by atoms with Crippen LogP contribution in [0.15, 0.2) is 77.9 Å². The quantitative estimate of drug-likeness (QED) is 0.399. The molecular weight excluding hydrogens is 360 g/mol. The number of anilines is 1. The smallest absolute Gasteiger partial charge is 0.161 e. The van der Waals surface area contributed by atoms with E-state index >= 15 is 0 Å². The molecule has 0 saturated heterocycles. The van der Waals surface area contributed by atoms with E-state index in [1.807, 2.05) is 79.7 Å². The molecule has 27 heavy (non-hydrogen) atoms. The van der Waals surface area contributed by atoms with E-state index in [0.717, 1.165) is 16.8 Å². The lowest BCUT2D eigenvalue weighted by Crippen LogP contribution is -2.00. The van der Waals surface area contributed by atoms with Gasteiger partial charge in [-0.25, -0.2) is 0 Å². The molecule has 0 heterocycles. The number of hydrogen-bond acceptors (Lipinski definition) is 4. The zero-order valence-electron chi connectivity index (χ0n) is 15.1. The third-order valence-electron chi connectivity index (χ3n) is 3.76. The van der Waals surface area contributed by atoms with Crippen molar-refractivity contribution in [1.82, 2.24) is 0 Å². The van der Waals surface area contributed by atoms with Crippen LogP contribution >= 0.6 is 11.6 Å². The highest BCUT2D eigenvalue weighted by atomic mass is 35.5. The third kappa shape index (κ3) is 5.76. The Balaban J connectivity index is 1.66. The van der Waals surface area contributed by atoms with Crippen LogP contribution in [0.4, 0.5) is 5.69 Å². The summed E-state index contributed by atoms with van der Waals surface area (Å²) in [5.74, 6) is 1.41. The third-order valence-corrected chi connectivity index (χ3v) is 4.01. The van der Waals surface area contributed by atoms with E-state index in [1.54, 1.807) is 6.21 Å². The fourth-order valence-electron chi connectivity index (χ4n) is 2.43. The molecule has 0 saturated carbocycles. The van der Waals surface area contributed by atoms with E-state index < -0.39 is 0 Å². The van der Waals surface area contributed by atoms with Crippen LogP contribution < -0.4 is 14.9 Å². The van der Waals surface area contributed by atoms with Crippen LogP contribution in [0.25, 0.3) is 0 Å². The minimum Gasteiger partial charge on any atom is -0.490 e. The zero-order chi connectivity index (χ0) is 18.9. The average molecular weight is 381 g/mol. The van der Waals surface area contributed by atoms with E-state index in [9.17, 15) is 0 Å². The highest BCUT2D eigenvalue weighted by molar-refractivity contribution is 6.30. The first-order chi connectivity index (χ1) is 13.2. The predicted octanol–water partition coefficient (Wildman–Crippen LogP) is 5.76. The summed E-state index contributed by atoms with van der Waals surface area (Å²) in [5, 5.41) is 4.94. The van der Waals surface area contributed by atoms with Crippen LogP contribution in [0.2, 0.25) is 5.02 Å². The lowest BCUT2D eigenvalue weighted by molar-refractivity contribution is 0.269. The number of nitrogens with one attached hydrogen (secondary N) is 1. The number of hydrogen-bond donors (Lipinski definition) is 1. The Morgan fingerprint density at radius 2 is 1.70 bits per heavy atom. The molecular formula is C22H21ClN2O2. The van der Waals surface area contributed by atoms with Gasteiger partial charge in [0.05, 0.1) is 18.5 Å². The summed E-state index contributed by atoms with van der Waals surface area (Å²) in [5.41, 5.74) is 5.85. The largest absolute Gasteiger partial charge is 0.490 e. The summed E-state index contributed by atoms with van der Waals surface area (Å²) in [4.78, 5) is 0. The van der Waals surface area contributed by atoms with Crippen LogP contribution in [-0.2, 0) is 6.61 Å². The molecule has 3 aromatic rings. The van der Waals surface area contributed by atoms with Crippen LogP contribution in [0.1, 0.15) is 18.1 Å². The molecule has 138 valence electrons. The summed E-state index contributed by atoms with van der Waals surface area (Å²) in [7, 11) is 0. The molecule has 0 fully saturated rings. The average Bonchev–Trinajstić information content (AvgIpc) is 2.70. The van der Waals surface area contributed by atoms with Gasteiger partial charge in [0.15, 0.2) is 11.5 Å². The fraction of sp³-hybridized carbons (Fsp3) is 0.136. The van der Waals surface area contributed by atoms with Gasteiger partial charge >= 0.3 is 0 Å². The number of ether oxygens (including phenoxy) is 2. The van der Waals surface area contributed by atoms with Crippen molar-refractivity contribution < 1.29 is 9.47 Å². The van der Waals surface area contributed by atoms with Crippen LogP contribution in [0.3, 0.4) is 0 Å². The number of hydrazone groups is 1. The summed E-state index contributed by atoms with van der Waals surface area (Å²) in [6.07, 6.45) is 1.73. The van der Waals surface area contributed by atoms with E-state index in [0.29, 0.717) is 29.7 Å². The predicted molar refractivity (Wildman–Crippen MR) is 111 cm³/mol. The van der Waals surface area contributed by atoms with Gasteiger partial charge in [0.1, 0.15) is 6.61 Å². The minimum absolute atomic E-state index is 0.493. The molecule has 3 aromatic carbocycles. The number of benzene rings is 3. The van der Waals surface area contributed by atoms with Crippen molar-refractivity contribution in [2.45, 2.75) is 13.5 Å². The number of halogens is 1. The highest BCUT2D eigenvalue weighted by Crippen LogP contribution is 2.29. The van der Waals surface area contributed by atoms with Gasteiger partial charge in [0.25, 0.3) is 0 Å². The SMILES string of the molecule is CCOc1cc(/C=N/Nc2ccc(Cl)cc2)ccc1OCc1ccccc1. The van der Waals surface area contributed by atoms with Gasteiger partial charge in [-0.2, -0.15) is 5.10 Å². The van der Waals surface area contributed by atoms with E-state index in [1.165, 1.54) is 0 Å². The maximum Gasteiger partial charge on any atom is 0.161 e. The van der Waals surface area contributed by atoms with Crippen molar-refractivity contribution in [3.05, 3.63) is 88.9 Å². The maximum atomic E-state index is 5.92. The second-order valence-electron chi connectivity index (χ2n) is 5.79. The van der Waals surface area contributed by atoms with E-state index in [4.69, 9.17) is 21.1 Å². The van der Waals surface area contributed by atoms with Gasteiger partial charge in [0.2, 0.25) is 0 Å². The lowest BCUT2D eigenvalue weighted by Gasteiger charge is -2.12. The van der Waals surface area contributed by atoms with Crippen molar-refractivity contribution in [3.63, 3.8) is 0 Å². The summed E-state index contributed by atoms with van der Waals surface area (Å²) < 4.78 is 11.6. The topological polar surface area (TPSA) is 42.8 Å². The summed E-state index contributed by atoms with van der Waals surface area (Å²) >= 11 is 5.88. The molecule has 0 aromatic heterocycles. The Kier molecular flexibility index (Phi) is 6.72. The standard InChI is InChI=1S/C22H21ClN2O2/c1-2-26-22-14-18(15-24-25-20-11-9-19(23)10-12-20)8-13-21(22)27-16-17-6-4-3-5-7-17/h3-15,25H,2,16H2,1H3/b24-15+. The molecule has 0 aliphatic heterocycles. The molecule has 0 amide bonds. The number of nitrogens with zero attached hydrogens (tertiary/aromatic N) is 1. The minimum atomic E-state index is 0.493. The Bertz CT molecular complexity index is 881. The van der Waals surface area contributed by atoms with Crippen molar-refractivity contribution >= 4 is 23.5 Å². The molecule has 0 aliphatic rings. The molecule has 0 spiro atoms. The molecule has 0 radical (unpaired) electrons. The van der Waals surface area contributed by atoms with Crippen molar-refractivity contribution in [2.75, 3.05) is 12.0 Å². The Morgan fingerprint density at radius 1 is 0.926 bits per heavy atom. The molecule has 4 nitrogen and oxygen atoms in total. The molecule has 3 rings (SSSR count). The number of rotatable bonds is 8. The van der Waals surface area contributed by atoms with Gasteiger partial charge in [-0.1, -0.05) is 41.9 Å². The van der Waals surface area contributed by atoms with Crippen LogP contribution in [-0.4, -0.2) is 12.8 Å². The molecule has 0 unspecified atom stereocenters. The molecule has 0 atom stereocenters. The molecule has 0 aliphatic carbocycles. The van der Waals surface area contributed by atoms with Gasteiger partial charge in [-0.05, 0) is 60.5 Å². The van der Waals surface area contributed by atoms with E-state index in [-0.39, 0.29) is 0 Å². The summed E-state index contributed by atoms with van der Waals surface area (Å²) in [6.45, 7) is 3.00. The van der Waals surface area contributed by atoms with E-state index in [2.05, 4.69) is 10.5 Å². The first kappa shape index (κ1) is 18.8. The van der Waals surface area contributed by atoms with Crippen LogP contribution in [0, 0.1) is 0 Å². The lowest BCUT2D eigenvalue weighted by atomic mass is 10.2. The van der Waals surface area contributed by atoms with Gasteiger partial charge in [-0.3, -0.25) is 5.43 Å². The van der Waals surface area contributed by atoms with Gasteiger partial charge in [-0.15, -0.1) is 0 Å². The van der Waals surface area contributed by atoms with Crippen molar-refractivity contribution in [2.24, 2.45) is 5.10 Å². The monoisotopic (exact) mass is 380 g/mol. The zero-order valence-corrected chi connectivity index (χ0v) is 15.8.